The van der Waals surface area contributed by atoms with Crippen molar-refractivity contribution < 1.29 is 29.3 Å². The van der Waals surface area contributed by atoms with E-state index in [-0.39, 0.29) is 18.1 Å². The average molecular weight is 606 g/mol. The van der Waals surface area contributed by atoms with Crippen LogP contribution >= 0.6 is 0 Å². The van der Waals surface area contributed by atoms with E-state index in [2.05, 4.69) is 25.4 Å². The molecule has 0 bridgehead atoms. The van der Waals surface area contributed by atoms with Crippen LogP contribution in [0.4, 0.5) is 15.9 Å². The molecule has 3 aromatic rings. The summed E-state index contributed by atoms with van der Waals surface area (Å²) in [6.45, 7) is 3.50. The zero-order chi connectivity index (χ0) is 31.0. The third-order valence-corrected chi connectivity index (χ3v) is 8.59. The number of piperidine rings is 1. The highest BCUT2D eigenvalue weighted by Crippen LogP contribution is 2.40. The predicted molar refractivity (Wildman–Crippen MR) is 160 cm³/mol. The number of aliphatic hydroxyl groups excluding tert-OH is 3. The van der Waals surface area contributed by atoms with Gasteiger partial charge in [-0.05, 0) is 48.7 Å². The van der Waals surface area contributed by atoms with Crippen molar-refractivity contribution in [2.45, 2.75) is 50.7 Å². The van der Waals surface area contributed by atoms with Gasteiger partial charge in [-0.3, -0.25) is 19.8 Å². The number of piperazine rings is 1. The number of hydrogen-bond acceptors (Lipinski definition) is 10. The number of nitrogens with zero attached hydrogens (tertiary/aromatic N) is 4. The van der Waals surface area contributed by atoms with Gasteiger partial charge in [-0.15, -0.1) is 0 Å². The maximum absolute atomic E-state index is 15.2. The largest absolute Gasteiger partial charge is 0.381 e. The van der Waals surface area contributed by atoms with Crippen molar-refractivity contribution in [2.24, 2.45) is 5.73 Å². The van der Waals surface area contributed by atoms with Crippen molar-refractivity contribution in [1.82, 2.24) is 20.1 Å². The number of rotatable bonds is 8. The molecule has 3 aliphatic rings. The van der Waals surface area contributed by atoms with Gasteiger partial charge in [0.25, 0.3) is 11.8 Å². The molecule has 6 rings (SSSR count). The number of hydrogen-bond donors (Lipinski definition) is 6. The highest BCUT2D eigenvalue weighted by atomic mass is 19.1. The number of aliphatic hydroxyl groups is 3. The molecule has 2 saturated heterocycles. The molecule has 3 aliphatic heterocycles. The van der Waals surface area contributed by atoms with Crippen molar-refractivity contribution in [1.29, 1.82) is 0 Å². The number of anilines is 2. The second-order valence-electron chi connectivity index (χ2n) is 11.4. The van der Waals surface area contributed by atoms with Gasteiger partial charge < -0.3 is 36.2 Å². The number of nitrogens with two attached hydrogens (primary N) is 1. The van der Waals surface area contributed by atoms with E-state index in [1.807, 2.05) is 12.1 Å². The van der Waals surface area contributed by atoms with E-state index in [1.165, 1.54) is 11.0 Å². The van der Waals surface area contributed by atoms with Gasteiger partial charge in [0.05, 0.1) is 6.04 Å². The van der Waals surface area contributed by atoms with Crippen LogP contribution in [0.3, 0.4) is 0 Å². The molecule has 0 radical (unpaired) electrons. The fraction of sp³-hybridized carbons (Fsp3) is 0.387. The van der Waals surface area contributed by atoms with Crippen LogP contribution in [-0.4, -0.2) is 86.6 Å². The third-order valence-electron chi connectivity index (χ3n) is 8.59. The Labute approximate surface area is 253 Å². The monoisotopic (exact) mass is 605 g/mol. The summed E-state index contributed by atoms with van der Waals surface area (Å²) in [6.07, 6.45) is -2.66. The maximum atomic E-state index is 15.2. The molecule has 2 aromatic carbocycles. The Morgan fingerprint density at radius 2 is 1.82 bits per heavy atom. The Morgan fingerprint density at radius 1 is 1.05 bits per heavy atom. The highest BCUT2D eigenvalue weighted by molar-refractivity contribution is 6.01. The molecule has 12 nitrogen and oxygen atoms in total. The van der Waals surface area contributed by atoms with E-state index in [0.717, 1.165) is 0 Å². The van der Waals surface area contributed by atoms with Crippen molar-refractivity contribution in [3.05, 3.63) is 88.4 Å². The van der Waals surface area contributed by atoms with E-state index < -0.39 is 36.5 Å². The molecule has 2 amide bonds. The Kier molecular flexibility index (Phi) is 8.47. The Bertz CT molecular complexity index is 1550. The molecule has 4 unspecified atom stereocenters. The van der Waals surface area contributed by atoms with E-state index in [0.29, 0.717) is 79.3 Å². The molecule has 2 fully saturated rings. The molecule has 4 heterocycles. The van der Waals surface area contributed by atoms with Gasteiger partial charge in [-0.25, -0.2) is 9.37 Å². The first-order valence-electron chi connectivity index (χ1n) is 14.7. The highest BCUT2D eigenvalue weighted by Gasteiger charge is 2.45. The zero-order valence-electron chi connectivity index (χ0n) is 24.1. The number of carbonyl (C=O) groups excluding carboxylic acids is 2. The van der Waals surface area contributed by atoms with Crippen LogP contribution in [0.25, 0.3) is 0 Å². The van der Waals surface area contributed by atoms with Crippen molar-refractivity contribution in [3.8, 4) is 0 Å². The predicted octanol–water partition coefficient (Wildman–Crippen LogP) is 1.09. The first-order chi connectivity index (χ1) is 21.2. The van der Waals surface area contributed by atoms with Crippen molar-refractivity contribution >= 4 is 23.3 Å². The molecular weight excluding hydrogens is 569 g/mol. The fourth-order valence-corrected chi connectivity index (χ4v) is 6.21. The van der Waals surface area contributed by atoms with E-state index in [9.17, 15) is 24.9 Å². The summed E-state index contributed by atoms with van der Waals surface area (Å²) in [6, 6.07) is 14.7. The molecule has 0 aliphatic carbocycles. The zero-order valence-corrected chi connectivity index (χ0v) is 24.1. The number of primary amides is 1. The molecule has 0 spiro atoms. The van der Waals surface area contributed by atoms with Crippen molar-refractivity contribution in [2.75, 3.05) is 36.4 Å². The first-order valence-corrected chi connectivity index (χ1v) is 14.7. The Balaban J connectivity index is 1.06. The summed E-state index contributed by atoms with van der Waals surface area (Å²) in [5.41, 5.74) is 8.14. The number of nitrogens with one attached hydrogen (secondary N) is 2. The number of aromatic nitrogens is 1. The number of amides is 2. The van der Waals surface area contributed by atoms with Crippen LogP contribution in [-0.2, 0) is 13.1 Å². The van der Waals surface area contributed by atoms with Gasteiger partial charge in [0.2, 0.25) is 0 Å². The number of fused-ring (bicyclic) bond motifs is 1. The lowest BCUT2D eigenvalue weighted by Crippen LogP contribution is -2.57. The second-order valence-corrected chi connectivity index (χ2v) is 11.4. The Morgan fingerprint density at radius 3 is 2.55 bits per heavy atom. The third kappa shape index (κ3) is 5.97. The van der Waals surface area contributed by atoms with Crippen LogP contribution in [0.2, 0.25) is 0 Å². The topological polar surface area (TPSA) is 168 Å². The molecule has 13 heteroatoms. The standard InChI is InChI=1S/C31H36FN7O5/c32-21-15-18(7-8-19(21)17-37-11-13-38(14-12-37)25-6-2-5-23(35-25)28(33)41)16-34-22-4-1-3-20-27(22)31(44)39(30(20)43)24-9-10-26(40)36-29(24)42/h1-8,15,24,26,29,31,34,36,40,42,44H,9-14,16-17H2,(H2,33,41). The lowest BCUT2D eigenvalue weighted by molar-refractivity contribution is -0.0858. The van der Waals surface area contributed by atoms with Crippen LogP contribution in [0.15, 0.2) is 54.6 Å². The quantitative estimate of drug-likeness (QED) is 0.219. The minimum Gasteiger partial charge on any atom is -0.381 e. The summed E-state index contributed by atoms with van der Waals surface area (Å²) >= 11 is 0. The molecule has 1 aromatic heterocycles. The number of pyridine rings is 1. The van der Waals surface area contributed by atoms with Crippen LogP contribution < -0.4 is 21.3 Å². The molecule has 0 saturated carbocycles. The molecule has 232 valence electrons. The lowest BCUT2D eigenvalue weighted by Gasteiger charge is -2.39. The minimum atomic E-state index is -1.28. The minimum absolute atomic E-state index is 0.225. The van der Waals surface area contributed by atoms with E-state index in [1.54, 1.807) is 36.4 Å². The van der Waals surface area contributed by atoms with E-state index in [4.69, 9.17) is 5.73 Å². The number of carbonyl (C=O) groups is 2. The van der Waals surface area contributed by atoms with Gasteiger partial charge in [0.1, 0.15) is 29.8 Å². The van der Waals surface area contributed by atoms with Crippen molar-refractivity contribution in [3.63, 3.8) is 0 Å². The normalized spacial score (nSPS) is 24.0. The summed E-state index contributed by atoms with van der Waals surface area (Å²) in [4.78, 5) is 34.5. The molecular formula is C31H36FN7O5. The summed E-state index contributed by atoms with van der Waals surface area (Å²) in [7, 11) is 0. The van der Waals surface area contributed by atoms with Gasteiger partial charge in [-0.1, -0.05) is 24.3 Å². The van der Waals surface area contributed by atoms with Gasteiger partial charge in [-0.2, -0.15) is 0 Å². The molecule has 7 N–H and O–H groups in total. The van der Waals surface area contributed by atoms with Crippen LogP contribution in [0, 0.1) is 5.82 Å². The van der Waals surface area contributed by atoms with Gasteiger partial charge >= 0.3 is 0 Å². The van der Waals surface area contributed by atoms with Gasteiger partial charge in [0, 0.05) is 61.6 Å². The summed E-state index contributed by atoms with van der Waals surface area (Å²) in [5.74, 6) is -0.587. The fourth-order valence-electron chi connectivity index (χ4n) is 6.21. The number of halogens is 1. The Hall–Kier alpha value is -4.14. The smallest absolute Gasteiger partial charge is 0.267 e. The first kappa shape index (κ1) is 29.9. The number of benzene rings is 2. The van der Waals surface area contributed by atoms with Gasteiger partial charge in [0.15, 0.2) is 6.23 Å². The molecule has 44 heavy (non-hydrogen) atoms. The SMILES string of the molecule is NC(=O)c1cccc(N2CCN(Cc3ccc(CNc4cccc5c4C(O)N(C4CCC(O)NC4O)C5=O)cc3F)CC2)n1. The van der Waals surface area contributed by atoms with Crippen LogP contribution in [0.5, 0.6) is 0 Å². The molecule has 4 atom stereocenters. The maximum Gasteiger partial charge on any atom is 0.267 e. The summed E-state index contributed by atoms with van der Waals surface area (Å²) in [5, 5.41) is 37.2. The van der Waals surface area contributed by atoms with Crippen LogP contribution in [0.1, 0.15) is 56.6 Å². The summed E-state index contributed by atoms with van der Waals surface area (Å²) < 4.78 is 15.2. The lowest BCUT2D eigenvalue weighted by atomic mass is 10.0. The second kappa shape index (κ2) is 12.5. The van der Waals surface area contributed by atoms with E-state index >= 15 is 4.39 Å². The average Bonchev–Trinajstić information content (AvgIpc) is 3.27.